The highest BCUT2D eigenvalue weighted by atomic mass is 32.2. The van der Waals surface area contributed by atoms with Crippen molar-refractivity contribution in [3.05, 3.63) is 59.2 Å². The molecule has 2 rings (SSSR count). The van der Waals surface area contributed by atoms with Crippen LogP contribution >= 0.6 is 11.8 Å². The van der Waals surface area contributed by atoms with Gasteiger partial charge in [0.2, 0.25) is 5.91 Å². The molecule has 0 saturated heterocycles. The van der Waals surface area contributed by atoms with Crippen LogP contribution in [0.25, 0.3) is 0 Å². The van der Waals surface area contributed by atoms with Crippen LogP contribution in [0.4, 0.5) is 5.69 Å². The number of aryl methyl sites for hydroxylation is 1. The molecule has 0 aromatic heterocycles. The van der Waals surface area contributed by atoms with E-state index >= 15 is 0 Å². The van der Waals surface area contributed by atoms with E-state index in [1.54, 1.807) is 11.8 Å². The highest BCUT2D eigenvalue weighted by Gasteiger charge is 2.15. The molecule has 0 fully saturated rings. The Morgan fingerprint density at radius 1 is 0.926 bits per heavy atom. The fourth-order valence-corrected chi connectivity index (χ4v) is 3.14. The van der Waals surface area contributed by atoms with Crippen molar-refractivity contribution in [2.45, 2.75) is 18.2 Å². The average Bonchev–Trinajstić information content (AvgIpc) is 2.67. The van der Waals surface area contributed by atoms with Crippen LogP contribution in [0.1, 0.15) is 32.7 Å². The Balaban J connectivity index is 2.01. The van der Waals surface area contributed by atoms with E-state index in [2.05, 4.69) is 14.8 Å². The topological polar surface area (TPSA) is 81.7 Å². The van der Waals surface area contributed by atoms with Crippen LogP contribution in [0, 0.1) is 6.92 Å². The van der Waals surface area contributed by atoms with Crippen LogP contribution in [0.5, 0.6) is 0 Å². The summed E-state index contributed by atoms with van der Waals surface area (Å²) in [5.41, 5.74) is 1.84. The molecule has 1 N–H and O–H groups in total. The van der Waals surface area contributed by atoms with Crippen LogP contribution in [0.15, 0.2) is 47.4 Å². The smallest absolute Gasteiger partial charge is 0.337 e. The van der Waals surface area contributed by atoms with Crippen molar-refractivity contribution in [3.8, 4) is 0 Å². The summed E-state index contributed by atoms with van der Waals surface area (Å²) in [6.07, 6.45) is 0.286. The molecule has 0 atom stereocenters. The van der Waals surface area contributed by atoms with Crippen molar-refractivity contribution in [2.24, 2.45) is 0 Å². The second-order valence-corrected chi connectivity index (χ2v) is 6.91. The molecule has 0 spiro atoms. The maximum absolute atomic E-state index is 12.2. The van der Waals surface area contributed by atoms with Gasteiger partial charge in [-0.25, -0.2) is 9.59 Å². The van der Waals surface area contributed by atoms with Crippen molar-refractivity contribution >= 4 is 35.3 Å². The van der Waals surface area contributed by atoms with Gasteiger partial charge in [-0.3, -0.25) is 4.79 Å². The van der Waals surface area contributed by atoms with Crippen LogP contribution in [0.3, 0.4) is 0 Å². The van der Waals surface area contributed by atoms with Crippen LogP contribution in [0.2, 0.25) is 0 Å². The van der Waals surface area contributed by atoms with Gasteiger partial charge < -0.3 is 14.8 Å². The lowest BCUT2D eigenvalue weighted by molar-refractivity contribution is -0.115. The number of carbonyl (C=O) groups excluding carboxylic acids is 3. The number of nitrogens with one attached hydrogen (secondary N) is 1. The minimum atomic E-state index is -0.605. The maximum atomic E-state index is 12.2. The molecule has 6 nitrogen and oxygen atoms in total. The van der Waals surface area contributed by atoms with Crippen molar-refractivity contribution in [2.75, 3.05) is 25.3 Å². The predicted octanol–water partition coefficient (Wildman–Crippen LogP) is 3.69. The number of hydrogen-bond acceptors (Lipinski definition) is 6. The number of hydrogen-bond donors (Lipinski definition) is 1. The van der Waals surface area contributed by atoms with Gasteiger partial charge in [0.05, 0.1) is 25.3 Å². The van der Waals surface area contributed by atoms with Gasteiger partial charge in [-0.15, -0.1) is 11.8 Å². The Morgan fingerprint density at radius 3 is 2.00 bits per heavy atom. The Morgan fingerprint density at radius 2 is 1.48 bits per heavy atom. The molecule has 0 radical (unpaired) electrons. The highest BCUT2D eigenvalue weighted by Crippen LogP contribution is 2.20. The van der Waals surface area contributed by atoms with Crippen molar-refractivity contribution in [3.63, 3.8) is 0 Å². The third-order valence-corrected chi connectivity index (χ3v) is 4.69. The Kier molecular flexibility index (Phi) is 7.43. The zero-order valence-corrected chi connectivity index (χ0v) is 16.2. The van der Waals surface area contributed by atoms with E-state index in [-0.39, 0.29) is 23.5 Å². The fraction of sp³-hybridized carbons (Fsp3) is 0.250. The number of rotatable bonds is 7. The summed E-state index contributed by atoms with van der Waals surface area (Å²) in [6.45, 7) is 2.02. The molecule has 0 heterocycles. The monoisotopic (exact) mass is 387 g/mol. The van der Waals surface area contributed by atoms with Gasteiger partial charge in [-0.05, 0) is 37.3 Å². The lowest BCUT2D eigenvalue weighted by Crippen LogP contribution is -2.14. The van der Waals surface area contributed by atoms with Crippen molar-refractivity contribution in [1.29, 1.82) is 0 Å². The normalized spacial score (nSPS) is 10.2. The molecule has 2 aromatic rings. The number of methoxy groups -OCH3 is 2. The summed E-state index contributed by atoms with van der Waals surface area (Å²) in [5, 5.41) is 2.71. The molecule has 1 amide bonds. The summed E-state index contributed by atoms with van der Waals surface area (Å²) in [4.78, 5) is 36.8. The van der Waals surface area contributed by atoms with E-state index in [9.17, 15) is 14.4 Å². The van der Waals surface area contributed by atoms with E-state index in [1.165, 1.54) is 38.0 Å². The summed E-state index contributed by atoms with van der Waals surface area (Å²) < 4.78 is 9.36. The molecule has 142 valence electrons. The van der Waals surface area contributed by atoms with Gasteiger partial charge in [0.25, 0.3) is 0 Å². The van der Waals surface area contributed by atoms with E-state index in [0.717, 1.165) is 4.90 Å². The SMILES string of the molecule is COC(=O)c1cc(NC(=O)CCSc2ccc(C)cc2)cc(C(=O)OC)c1. The molecule has 27 heavy (non-hydrogen) atoms. The number of esters is 2. The quantitative estimate of drug-likeness (QED) is 0.576. The lowest BCUT2D eigenvalue weighted by Gasteiger charge is -2.09. The van der Waals surface area contributed by atoms with Crippen LogP contribution in [-0.2, 0) is 14.3 Å². The van der Waals surface area contributed by atoms with Gasteiger partial charge in [0.15, 0.2) is 0 Å². The molecule has 7 heteroatoms. The molecule has 2 aromatic carbocycles. The standard InChI is InChI=1S/C20H21NO5S/c1-13-4-6-17(7-5-13)27-9-8-18(22)21-16-11-14(19(23)25-2)10-15(12-16)20(24)26-3/h4-7,10-12H,8-9H2,1-3H3,(H,21,22). The fourth-order valence-electron chi connectivity index (χ4n) is 2.29. The van der Waals surface area contributed by atoms with E-state index in [1.807, 2.05) is 31.2 Å². The third kappa shape index (κ3) is 6.14. The maximum Gasteiger partial charge on any atom is 0.337 e. The first-order valence-electron chi connectivity index (χ1n) is 8.24. The van der Waals surface area contributed by atoms with E-state index in [0.29, 0.717) is 11.4 Å². The van der Waals surface area contributed by atoms with Gasteiger partial charge in [0, 0.05) is 22.8 Å². The largest absolute Gasteiger partial charge is 0.465 e. The number of ether oxygens (including phenoxy) is 2. The Hall–Kier alpha value is -2.80. The Bertz CT molecular complexity index is 799. The predicted molar refractivity (Wildman–Crippen MR) is 104 cm³/mol. The zero-order chi connectivity index (χ0) is 19.8. The minimum Gasteiger partial charge on any atom is -0.465 e. The molecule has 0 saturated carbocycles. The van der Waals surface area contributed by atoms with Gasteiger partial charge in [-0.1, -0.05) is 17.7 Å². The summed E-state index contributed by atoms with van der Waals surface area (Å²) in [7, 11) is 2.49. The van der Waals surface area contributed by atoms with Crippen molar-refractivity contribution in [1.82, 2.24) is 0 Å². The summed E-state index contributed by atoms with van der Waals surface area (Å²) in [5.74, 6) is -0.820. The van der Waals surface area contributed by atoms with Crippen LogP contribution < -0.4 is 5.32 Å². The Labute approximate surface area is 162 Å². The molecular weight excluding hydrogens is 366 g/mol. The first-order chi connectivity index (χ1) is 12.9. The van der Waals surface area contributed by atoms with Gasteiger partial charge in [0.1, 0.15) is 0 Å². The minimum absolute atomic E-state index is 0.157. The van der Waals surface area contributed by atoms with Gasteiger partial charge in [-0.2, -0.15) is 0 Å². The van der Waals surface area contributed by atoms with Crippen LogP contribution in [-0.4, -0.2) is 37.8 Å². The molecule has 0 aliphatic rings. The summed E-state index contributed by atoms with van der Waals surface area (Å²) in [6, 6.07) is 12.4. The first kappa shape index (κ1) is 20.5. The van der Waals surface area contributed by atoms with Crippen molar-refractivity contribution < 1.29 is 23.9 Å². The lowest BCUT2D eigenvalue weighted by atomic mass is 10.1. The average molecular weight is 387 g/mol. The summed E-state index contributed by atoms with van der Waals surface area (Å²) >= 11 is 1.58. The highest BCUT2D eigenvalue weighted by molar-refractivity contribution is 7.99. The van der Waals surface area contributed by atoms with E-state index in [4.69, 9.17) is 0 Å². The van der Waals surface area contributed by atoms with Gasteiger partial charge >= 0.3 is 11.9 Å². The molecule has 0 bridgehead atoms. The molecular formula is C20H21NO5S. The number of benzene rings is 2. The first-order valence-corrected chi connectivity index (χ1v) is 9.22. The third-order valence-electron chi connectivity index (χ3n) is 3.68. The number of anilines is 1. The molecule has 0 aliphatic heterocycles. The molecule has 0 unspecified atom stereocenters. The number of amides is 1. The zero-order valence-electron chi connectivity index (χ0n) is 15.4. The molecule has 0 aliphatic carbocycles. The number of thioether (sulfide) groups is 1. The number of carbonyl (C=O) groups is 3. The second-order valence-electron chi connectivity index (χ2n) is 5.74. The van der Waals surface area contributed by atoms with E-state index < -0.39 is 11.9 Å². The second kappa shape index (κ2) is 9.78.